The minimum absolute atomic E-state index is 0.153. The Kier molecular flexibility index (Phi) is 7.71. The number of methoxy groups -OCH3 is 1. The van der Waals surface area contributed by atoms with E-state index >= 15 is 0 Å². The quantitative estimate of drug-likeness (QED) is 0.178. The van der Waals surface area contributed by atoms with Gasteiger partial charge in [0.1, 0.15) is 5.75 Å². The summed E-state index contributed by atoms with van der Waals surface area (Å²) in [4.78, 5) is 6.17. The van der Waals surface area contributed by atoms with Gasteiger partial charge in [0, 0.05) is 35.2 Å². The molecule has 3 heteroatoms. The van der Waals surface area contributed by atoms with E-state index in [9.17, 15) is 0 Å². The molecule has 0 spiro atoms. The molecule has 5 aromatic carbocycles. The number of fused-ring (bicyclic) bond motifs is 1. The number of hydrogen-bond donors (Lipinski definition) is 1. The van der Waals surface area contributed by atoms with Gasteiger partial charge in [-0.1, -0.05) is 127 Å². The first-order valence-electron chi connectivity index (χ1n) is 14.3. The summed E-state index contributed by atoms with van der Waals surface area (Å²) >= 11 is 0. The van der Waals surface area contributed by atoms with Crippen LogP contribution in [0.5, 0.6) is 5.75 Å². The average molecular weight is 537 g/mol. The zero-order chi connectivity index (χ0) is 28.1. The van der Waals surface area contributed by atoms with Crippen LogP contribution in [0.2, 0.25) is 0 Å². The van der Waals surface area contributed by atoms with Gasteiger partial charge in [-0.25, -0.2) is 0 Å². The van der Waals surface area contributed by atoms with E-state index in [-0.39, 0.29) is 6.04 Å². The predicted octanol–water partition coefficient (Wildman–Crippen LogP) is 8.60. The second-order valence-corrected chi connectivity index (χ2v) is 10.7. The minimum atomic E-state index is -0.559. The summed E-state index contributed by atoms with van der Waals surface area (Å²) in [6, 6.07) is 50.0. The first-order valence-corrected chi connectivity index (χ1v) is 14.3. The van der Waals surface area contributed by atoms with Crippen molar-refractivity contribution in [3.63, 3.8) is 0 Å². The van der Waals surface area contributed by atoms with Gasteiger partial charge in [0.25, 0.3) is 0 Å². The van der Waals surface area contributed by atoms with Gasteiger partial charge >= 0.3 is 0 Å². The summed E-state index contributed by atoms with van der Waals surface area (Å²) < 4.78 is 5.89. The van der Waals surface area contributed by atoms with Crippen LogP contribution in [0.15, 0.2) is 146 Å². The van der Waals surface area contributed by atoms with Crippen LogP contribution in [0, 0.1) is 0 Å². The van der Waals surface area contributed by atoms with Crippen molar-refractivity contribution in [2.75, 3.05) is 7.11 Å². The monoisotopic (exact) mass is 536 g/mol. The molecule has 204 valence electrons. The number of aromatic nitrogens is 1. The molecule has 0 aliphatic heterocycles. The molecule has 1 heterocycles. The molecule has 6 rings (SSSR count). The van der Waals surface area contributed by atoms with E-state index in [4.69, 9.17) is 4.74 Å². The van der Waals surface area contributed by atoms with Crippen molar-refractivity contribution in [2.24, 2.45) is 0 Å². The molecule has 0 aliphatic carbocycles. The molecular formula is C38H36N2O. The lowest BCUT2D eigenvalue weighted by Crippen LogP contribution is -2.52. The number of nitrogens with one attached hydrogen (secondary N) is 1. The molecule has 0 fully saturated rings. The van der Waals surface area contributed by atoms with Crippen molar-refractivity contribution in [3.8, 4) is 5.75 Å². The molecule has 6 aromatic rings. The molecule has 0 saturated heterocycles. The molecule has 41 heavy (non-hydrogen) atoms. The molecule has 0 bridgehead atoms. The Balaban J connectivity index is 1.61. The maximum atomic E-state index is 5.89. The maximum Gasteiger partial charge on any atom is 0.123 e. The van der Waals surface area contributed by atoms with Crippen LogP contribution in [-0.4, -0.2) is 23.0 Å². The standard InChI is InChI=1S/C38H36N2O/c1-29(26-31-27-39-36-24-14-13-23-35(31)36)40(28-30-16-12-15-25-37(30)41-2)38(32-17-6-3-7-18-32,33-19-8-4-9-20-33)34-21-10-5-11-22-34/h3-25,27,29,39H,26,28H2,1-2H3/t29-/m1/s1. The van der Waals surface area contributed by atoms with Crippen molar-refractivity contribution in [1.82, 2.24) is 9.88 Å². The van der Waals surface area contributed by atoms with Gasteiger partial charge < -0.3 is 9.72 Å². The van der Waals surface area contributed by atoms with Crippen LogP contribution in [-0.2, 0) is 18.5 Å². The number of nitrogens with zero attached hydrogens (tertiary/aromatic N) is 1. The molecule has 1 aromatic heterocycles. The van der Waals surface area contributed by atoms with Crippen LogP contribution >= 0.6 is 0 Å². The summed E-state index contributed by atoms with van der Waals surface area (Å²) in [7, 11) is 1.76. The fourth-order valence-corrected chi connectivity index (χ4v) is 6.39. The van der Waals surface area contributed by atoms with Crippen molar-refractivity contribution in [2.45, 2.75) is 31.5 Å². The van der Waals surface area contributed by atoms with Gasteiger partial charge in [0.15, 0.2) is 0 Å². The lowest BCUT2D eigenvalue weighted by atomic mass is 9.74. The third-order valence-corrected chi connectivity index (χ3v) is 8.26. The number of aromatic amines is 1. The number of ether oxygens (including phenoxy) is 1. The Hall–Kier alpha value is -4.60. The normalized spacial score (nSPS) is 12.5. The van der Waals surface area contributed by atoms with Gasteiger partial charge in [-0.05, 0) is 47.7 Å². The lowest BCUT2D eigenvalue weighted by molar-refractivity contribution is 0.0961. The van der Waals surface area contributed by atoms with E-state index in [2.05, 4.69) is 156 Å². The average Bonchev–Trinajstić information content (AvgIpc) is 3.45. The largest absolute Gasteiger partial charge is 0.496 e. The number of H-pyrrole nitrogens is 1. The first-order chi connectivity index (χ1) is 20.2. The highest BCUT2D eigenvalue weighted by atomic mass is 16.5. The highest BCUT2D eigenvalue weighted by Gasteiger charge is 2.44. The van der Waals surface area contributed by atoms with Gasteiger partial charge in [-0.15, -0.1) is 0 Å². The molecule has 3 nitrogen and oxygen atoms in total. The van der Waals surface area contributed by atoms with E-state index in [0.29, 0.717) is 6.54 Å². The van der Waals surface area contributed by atoms with E-state index in [1.54, 1.807) is 7.11 Å². The zero-order valence-corrected chi connectivity index (χ0v) is 23.7. The Morgan fingerprint density at radius 1 is 0.634 bits per heavy atom. The van der Waals surface area contributed by atoms with Gasteiger partial charge in [0.2, 0.25) is 0 Å². The summed E-state index contributed by atoms with van der Waals surface area (Å²) in [5.74, 6) is 0.903. The number of para-hydroxylation sites is 2. The minimum Gasteiger partial charge on any atom is -0.496 e. The number of rotatable bonds is 10. The molecule has 0 saturated carbocycles. The highest BCUT2D eigenvalue weighted by molar-refractivity contribution is 5.83. The number of hydrogen-bond acceptors (Lipinski definition) is 2. The second kappa shape index (κ2) is 11.9. The van der Waals surface area contributed by atoms with Crippen LogP contribution in [0.25, 0.3) is 10.9 Å². The fraction of sp³-hybridized carbons (Fsp3) is 0.158. The Morgan fingerprint density at radius 3 is 1.73 bits per heavy atom. The molecule has 1 N–H and O–H groups in total. The third kappa shape index (κ3) is 5.05. The van der Waals surface area contributed by atoms with Crippen LogP contribution in [0.4, 0.5) is 0 Å². The summed E-state index contributed by atoms with van der Waals surface area (Å²) in [6.45, 7) is 3.06. The Labute approximate surface area is 243 Å². The summed E-state index contributed by atoms with van der Waals surface area (Å²) in [5.41, 5.74) is 6.80. The fourth-order valence-electron chi connectivity index (χ4n) is 6.39. The molecule has 0 amide bonds. The van der Waals surface area contributed by atoms with Gasteiger partial charge in [0.05, 0.1) is 12.6 Å². The van der Waals surface area contributed by atoms with E-state index in [1.165, 1.54) is 33.2 Å². The maximum absolute atomic E-state index is 5.89. The summed E-state index contributed by atoms with van der Waals surface area (Å²) in [5, 5.41) is 1.28. The molecule has 1 atom stereocenters. The van der Waals surface area contributed by atoms with E-state index < -0.39 is 5.54 Å². The molecular weight excluding hydrogens is 500 g/mol. The smallest absolute Gasteiger partial charge is 0.123 e. The van der Waals surface area contributed by atoms with E-state index in [0.717, 1.165) is 17.7 Å². The van der Waals surface area contributed by atoms with Crippen molar-refractivity contribution in [3.05, 3.63) is 174 Å². The van der Waals surface area contributed by atoms with Crippen LogP contribution in [0.1, 0.15) is 34.7 Å². The Bertz CT molecular complexity index is 1600. The first kappa shape index (κ1) is 26.6. The van der Waals surface area contributed by atoms with Crippen LogP contribution < -0.4 is 4.74 Å². The predicted molar refractivity (Wildman–Crippen MR) is 169 cm³/mol. The lowest BCUT2D eigenvalue weighted by Gasteiger charge is -2.49. The van der Waals surface area contributed by atoms with Crippen LogP contribution in [0.3, 0.4) is 0 Å². The summed E-state index contributed by atoms with van der Waals surface area (Å²) in [6.07, 6.45) is 3.06. The second-order valence-electron chi connectivity index (χ2n) is 10.7. The van der Waals surface area contributed by atoms with Crippen molar-refractivity contribution < 1.29 is 4.74 Å². The van der Waals surface area contributed by atoms with Crippen molar-refractivity contribution in [1.29, 1.82) is 0 Å². The third-order valence-electron chi connectivity index (χ3n) is 8.26. The molecule has 0 radical (unpaired) electrons. The van der Waals surface area contributed by atoms with Gasteiger partial charge in [-0.2, -0.15) is 0 Å². The zero-order valence-electron chi connectivity index (χ0n) is 23.7. The van der Waals surface area contributed by atoms with Crippen molar-refractivity contribution >= 4 is 10.9 Å². The Morgan fingerprint density at radius 2 is 1.15 bits per heavy atom. The molecule has 0 aliphatic rings. The van der Waals surface area contributed by atoms with E-state index in [1.807, 2.05) is 6.07 Å². The number of benzene rings is 5. The molecule has 0 unspecified atom stereocenters. The SMILES string of the molecule is COc1ccccc1CN([C@H](C)Cc1c[nH]c2ccccc12)C(c1ccccc1)(c1ccccc1)c1ccccc1. The van der Waals surface area contributed by atoms with Gasteiger partial charge in [-0.3, -0.25) is 4.90 Å². The topological polar surface area (TPSA) is 28.3 Å². The highest BCUT2D eigenvalue weighted by Crippen LogP contribution is 2.45.